The molecule has 0 spiro atoms. The van der Waals surface area contributed by atoms with Crippen LogP contribution in [-0.2, 0) is 0 Å². The fourth-order valence-electron chi connectivity index (χ4n) is 1.44. The van der Waals surface area contributed by atoms with Gasteiger partial charge in [-0.15, -0.1) is 0 Å². The summed E-state index contributed by atoms with van der Waals surface area (Å²) in [4.78, 5) is 0. The second kappa shape index (κ2) is 5.06. The Morgan fingerprint density at radius 2 is 1.71 bits per heavy atom. The van der Waals surface area contributed by atoms with E-state index in [2.05, 4.69) is 5.32 Å². The molecule has 0 aromatic heterocycles. The molecule has 0 saturated heterocycles. The average Bonchev–Trinajstić information content (AvgIpc) is 2.32. The molecule has 0 aliphatic rings. The van der Waals surface area contributed by atoms with Crippen LogP contribution < -0.4 is 10.1 Å². The number of nitrogens with one attached hydrogen (secondary N) is 1. The fraction of sp³-hybridized carbons (Fsp3) is 0.0769. The largest absolute Gasteiger partial charge is 0.494 e. The molecule has 0 atom stereocenters. The van der Waals surface area contributed by atoms with Gasteiger partial charge in [0.25, 0.3) is 0 Å². The van der Waals surface area contributed by atoms with E-state index in [-0.39, 0.29) is 5.75 Å². The zero-order valence-electron chi connectivity index (χ0n) is 9.21. The molecule has 1 N–H and O–H groups in total. The van der Waals surface area contributed by atoms with E-state index in [4.69, 9.17) is 16.3 Å². The highest BCUT2D eigenvalue weighted by Gasteiger charge is 2.03. The number of ether oxygens (including phenoxy) is 1. The summed E-state index contributed by atoms with van der Waals surface area (Å²) in [5.41, 5.74) is 1.50. The van der Waals surface area contributed by atoms with Crippen molar-refractivity contribution in [1.82, 2.24) is 0 Å². The molecule has 88 valence electrons. The number of benzene rings is 2. The van der Waals surface area contributed by atoms with E-state index in [1.54, 1.807) is 24.3 Å². The van der Waals surface area contributed by atoms with Gasteiger partial charge >= 0.3 is 0 Å². The smallest absolute Gasteiger partial charge is 0.167 e. The lowest BCUT2D eigenvalue weighted by molar-refractivity contribution is 0.386. The number of methoxy groups -OCH3 is 1. The van der Waals surface area contributed by atoms with Crippen LogP contribution in [0.4, 0.5) is 15.8 Å². The highest BCUT2D eigenvalue weighted by atomic mass is 35.5. The molecule has 2 rings (SSSR count). The second-order valence-corrected chi connectivity index (χ2v) is 3.92. The maximum atomic E-state index is 13.4. The molecule has 2 nitrogen and oxygen atoms in total. The minimum absolute atomic E-state index is 0.228. The Balaban J connectivity index is 2.19. The van der Waals surface area contributed by atoms with E-state index in [0.717, 1.165) is 5.69 Å². The molecule has 17 heavy (non-hydrogen) atoms. The predicted octanol–water partition coefficient (Wildman–Crippen LogP) is 4.23. The number of hydrogen-bond acceptors (Lipinski definition) is 2. The first-order valence-electron chi connectivity index (χ1n) is 5.05. The molecule has 2 aromatic rings. The van der Waals surface area contributed by atoms with Gasteiger partial charge in [-0.05, 0) is 36.4 Å². The summed E-state index contributed by atoms with van der Waals surface area (Å²) >= 11 is 5.78. The highest BCUT2D eigenvalue weighted by Crippen LogP contribution is 2.24. The van der Waals surface area contributed by atoms with Crippen molar-refractivity contribution in [1.29, 1.82) is 0 Å². The number of rotatable bonds is 3. The van der Waals surface area contributed by atoms with Crippen LogP contribution >= 0.6 is 11.6 Å². The van der Waals surface area contributed by atoms with Crippen LogP contribution in [0.1, 0.15) is 0 Å². The summed E-state index contributed by atoms with van der Waals surface area (Å²) in [5.74, 6) is -0.168. The van der Waals surface area contributed by atoms with Crippen LogP contribution in [0.3, 0.4) is 0 Å². The topological polar surface area (TPSA) is 21.3 Å². The second-order valence-electron chi connectivity index (χ2n) is 3.48. The van der Waals surface area contributed by atoms with E-state index >= 15 is 0 Å². The predicted molar refractivity (Wildman–Crippen MR) is 67.7 cm³/mol. The van der Waals surface area contributed by atoms with Gasteiger partial charge in [-0.2, -0.15) is 0 Å². The first kappa shape index (κ1) is 11.7. The number of halogens is 2. The molecule has 0 bridgehead atoms. The molecule has 4 heteroatoms. The van der Waals surface area contributed by atoms with Crippen LogP contribution in [0.25, 0.3) is 0 Å². The van der Waals surface area contributed by atoms with Gasteiger partial charge in [-0.3, -0.25) is 0 Å². The summed E-state index contributed by atoms with van der Waals surface area (Å²) in [5, 5.41) is 3.73. The number of anilines is 2. The third-order valence-electron chi connectivity index (χ3n) is 2.28. The van der Waals surface area contributed by atoms with Crippen molar-refractivity contribution in [3.05, 3.63) is 53.3 Å². The van der Waals surface area contributed by atoms with E-state index < -0.39 is 5.82 Å². The van der Waals surface area contributed by atoms with Gasteiger partial charge < -0.3 is 10.1 Å². The summed E-state index contributed by atoms with van der Waals surface area (Å²) in [6.45, 7) is 0. The monoisotopic (exact) mass is 251 g/mol. The fourth-order valence-corrected chi connectivity index (χ4v) is 1.57. The van der Waals surface area contributed by atoms with Crippen LogP contribution in [-0.4, -0.2) is 7.11 Å². The van der Waals surface area contributed by atoms with Crippen molar-refractivity contribution in [2.24, 2.45) is 0 Å². The van der Waals surface area contributed by atoms with E-state index in [0.29, 0.717) is 10.7 Å². The van der Waals surface area contributed by atoms with Gasteiger partial charge in [0.2, 0.25) is 0 Å². The number of hydrogen-bond donors (Lipinski definition) is 1. The van der Waals surface area contributed by atoms with Gasteiger partial charge in [0.15, 0.2) is 11.6 Å². The quantitative estimate of drug-likeness (QED) is 0.881. The van der Waals surface area contributed by atoms with Crippen molar-refractivity contribution < 1.29 is 9.13 Å². The van der Waals surface area contributed by atoms with Crippen LogP contribution in [0.5, 0.6) is 5.75 Å². The van der Waals surface area contributed by atoms with Gasteiger partial charge in [-0.1, -0.05) is 11.6 Å². The molecular formula is C13H11ClFNO. The van der Waals surface area contributed by atoms with E-state index in [1.165, 1.54) is 13.2 Å². The lowest BCUT2D eigenvalue weighted by atomic mass is 10.2. The van der Waals surface area contributed by atoms with Crippen LogP contribution in [0, 0.1) is 5.82 Å². The molecule has 0 amide bonds. The summed E-state index contributed by atoms with van der Waals surface area (Å²) in [7, 11) is 1.44. The summed E-state index contributed by atoms with van der Waals surface area (Å²) in [6, 6.07) is 11.9. The van der Waals surface area contributed by atoms with Crippen molar-refractivity contribution >= 4 is 23.0 Å². The van der Waals surface area contributed by atoms with Gasteiger partial charge in [0, 0.05) is 22.5 Å². The van der Waals surface area contributed by atoms with Crippen LogP contribution in [0.15, 0.2) is 42.5 Å². The third kappa shape index (κ3) is 2.88. The highest BCUT2D eigenvalue weighted by molar-refractivity contribution is 6.30. The van der Waals surface area contributed by atoms with E-state index in [9.17, 15) is 4.39 Å². The Labute approximate surface area is 104 Å². The van der Waals surface area contributed by atoms with E-state index in [1.807, 2.05) is 12.1 Å². The summed E-state index contributed by atoms with van der Waals surface area (Å²) in [6.07, 6.45) is 0. The molecule has 0 unspecified atom stereocenters. The molecule has 0 aliphatic heterocycles. The Bertz CT molecular complexity index is 513. The molecule has 2 aromatic carbocycles. The molecule has 0 radical (unpaired) electrons. The Hall–Kier alpha value is -1.74. The molecule has 0 heterocycles. The standard InChI is InChI=1S/C13H11ClFNO/c1-17-13-7-6-11(8-12(13)15)16-10-4-2-9(14)3-5-10/h2-8,16H,1H3. The Kier molecular flexibility index (Phi) is 3.49. The molecular weight excluding hydrogens is 241 g/mol. The first-order chi connectivity index (χ1) is 8.19. The van der Waals surface area contributed by atoms with Crippen molar-refractivity contribution in [3.8, 4) is 5.75 Å². The zero-order valence-corrected chi connectivity index (χ0v) is 9.96. The van der Waals surface area contributed by atoms with Crippen LogP contribution in [0.2, 0.25) is 5.02 Å². The normalized spacial score (nSPS) is 10.1. The van der Waals surface area contributed by atoms with Crippen molar-refractivity contribution in [2.75, 3.05) is 12.4 Å². The Morgan fingerprint density at radius 3 is 2.29 bits per heavy atom. The zero-order chi connectivity index (χ0) is 12.3. The third-order valence-corrected chi connectivity index (χ3v) is 2.54. The van der Waals surface area contributed by atoms with Crippen molar-refractivity contribution in [2.45, 2.75) is 0 Å². The SMILES string of the molecule is COc1ccc(Nc2ccc(Cl)cc2)cc1F. The van der Waals surface area contributed by atoms with Crippen molar-refractivity contribution in [3.63, 3.8) is 0 Å². The van der Waals surface area contributed by atoms with Gasteiger partial charge in [0.05, 0.1) is 7.11 Å². The van der Waals surface area contributed by atoms with Gasteiger partial charge in [0.1, 0.15) is 0 Å². The Morgan fingerprint density at radius 1 is 1.06 bits per heavy atom. The lowest BCUT2D eigenvalue weighted by Crippen LogP contribution is -1.93. The summed E-state index contributed by atoms with van der Waals surface area (Å²) < 4.78 is 18.3. The maximum Gasteiger partial charge on any atom is 0.167 e. The molecule has 0 fully saturated rings. The molecule has 0 saturated carbocycles. The maximum absolute atomic E-state index is 13.4. The lowest BCUT2D eigenvalue weighted by Gasteiger charge is -2.08. The first-order valence-corrected chi connectivity index (χ1v) is 5.43. The minimum Gasteiger partial charge on any atom is -0.494 e. The average molecular weight is 252 g/mol. The molecule has 0 aliphatic carbocycles. The van der Waals surface area contributed by atoms with Gasteiger partial charge in [-0.25, -0.2) is 4.39 Å². The minimum atomic E-state index is -0.397.